The lowest BCUT2D eigenvalue weighted by Crippen LogP contribution is -2.18. The fourth-order valence-electron chi connectivity index (χ4n) is 3.14. The molecule has 0 radical (unpaired) electrons. The quantitative estimate of drug-likeness (QED) is 0.793. The minimum Gasteiger partial charge on any atom is -0.481 e. The smallest absolute Gasteiger partial charge is 0.310 e. The van der Waals surface area contributed by atoms with Crippen LogP contribution in [0.25, 0.3) is 0 Å². The van der Waals surface area contributed by atoms with Crippen molar-refractivity contribution in [3.63, 3.8) is 0 Å². The summed E-state index contributed by atoms with van der Waals surface area (Å²) in [4.78, 5) is 11.5. The summed E-state index contributed by atoms with van der Waals surface area (Å²) in [5.74, 6) is -0.766. The number of hydrogen-bond acceptors (Lipinski definition) is 3. The van der Waals surface area contributed by atoms with Gasteiger partial charge in [0.15, 0.2) is 0 Å². The number of rotatable bonds is 6. The Kier molecular flexibility index (Phi) is 5.79. The summed E-state index contributed by atoms with van der Waals surface area (Å²) in [6.45, 7) is 0. The average Bonchev–Trinajstić information content (AvgIpc) is 2.46. The minimum atomic E-state index is -2.44. The second kappa shape index (κ2) is 7.59. The van der Waals surface area contributed by atoms with Gasteiger partial charge in [0, 0.05) is 0 Å². The van der Waals surface area contributed by atoms with Crippen molar-refractivity contribution in [3.05, 3.63) is 35.4 Å². The lowest BCUT2D eigenvalue weighted by atomic mass is 9.80. The van der Waals surface area contributed by atoms with Gasteiger partial charge in [-0.25, -0.2) is 8.42 Å². The molecule has 1 aromatic rings. The van der Waals surface area contributed by atoms with Crippen LogP contribution < -0.4 is 0 Å². The molecule has 2 rings (SSSR count). The van der Waals surface area contributed by atoms with E-state index in [0.29, 0.717) is 17.9 Å². The van der Waals surface area contributed by atoms with E-state index in [2.05, 4.69) is 0 Å². The van der Waals surface area contributed by atoms with E-state index in [-0.39, 0.29) is 5.75 Å². The molecule has 0 spiro atoms. The molecule has 0 aromatic heterocycles. The molecule has 0 saturated heterocycles. The van der Waals surface area contributed by atoms with Crippen LogP contribution in [-0.2, 0) is 21.3 Å². The van der Waals surface area contributed by atoms with Crippen molar-refractivity contribution in [2.24, 2.45) is 5.92 Å². The molecule has 0 heterocycles. The van der Waals surface area contributed by atoms with Gasteiger partial charge in [-0.05, 0) is 23.5 Å². The van der Waals surface area contributed by atoms with Crippen LogP contribution in [0.2, 0.25) is 0 Å². The maximum absolute atomic E-state index is 11.5. The highest BCUT2D eigenvalue weighted by Crippen LogP contribution is 2.33. The molecule has 0 bridgehead atoms. The predicted molar refractivity (Wildman–Crippen MR) is 82.0 cm³/mol. The van der Waals surface area contributed by atoms with Crippen LogP contribution in [0.1, 0.15) is 55.6 Å². The van der Waals surface area contributed by atoms with Crippen molar-refractivity contribution in [2.75, 3.05) is 0 Å². The maximum Gasteiger partial charge on any atom is 0.310 e. The second-order valence-electron chi connectivity index (χ2n) is 5.86. The van der Waals surface area contributed by atoms with Crippen molar-refractivity contribution >= 4 is 16.7 Å². The number of carbonyl (C=O) groups is 1. The molecule has 4 nitrogen and oxygen atoms in total. The highest BCUT2D eigenvalue weighted by Gasteiger charge is 2.25. The summed E-state index contributed by atoms with van der Waals surface area (Å²) < 4.78 is 21.4. The van der Waals surface area contributed by atoms with E-state index in [4.69, 9.17) is 0 Å². The van der Waals surface area contributed by atoms with Crippen LogP contribution in [0.15, 0.2) is 24.3 Å². The third-order valence-corrected chi connectivity index (χ3v) is 4.91. The lowest BCUT2D eigenvalue weighted by molar-refractivity contribution is -0.139. The van der Waals surface area contributed by atoms with Gasteiger partial charge in [-0.1, -0.05) is 56.4 Å². The zero-order valence-electron chi connectivity index (χ0n) is 12.0. The first-order chi connectivity index (χ1) is 10.1. The topological polar surface area (TPSA) is 71.4 Å². The molecule has 1 atom stereocenters. The van der Waals surface area contributed by atoms with Gasteiger partial charge < -0.3 is 5.11 Å². The highest BCUT2D eigenvalue weighted by atomic mass is 32.2. The van der Waals surface area contributed by atoms with Gasteiger partial charge >= 0.3 is 5.97 Å². The predicted octanol–water partition coefficient (Wildman–Crippen LogP) is 2.94. The van der Waals surface area contributed by atoms with Gasteiger partial charge in [-0.3, -0.25) is 4.79 Å². The lowest BCUT2D eigenvalue weighted by Gasteiger charge is -2.24. The fraction of sp³-hybridized carbons (Fsp3) is 0.562. The molecular weight excluding hydrogens is 288 g/mol. The Balaban J connectivity index is 2.08. The first-order valence-electron chi connectivity index (χ1n) is 7.49. The fourth-order valence-corrected chi connectivity index (χ4v) is 3.65. The average molecular weight is 310 g/mol. The van der Waals surface area contributed by atoms with E-state index in [1.165, 1.54) is 19.3 Å². The molecule has 1 aliphatic rings. The Morgan fingerprint density at radius 2 is 1.76 bits per heavy atom. The molecule has 1 fully saturated rings. The molecule has 1 saturated carbocycles. The van der Waals surface area contributed by atoms with Gasteiger partial charge in [0.1, 0.15) is 10.7 Å². The number of thiol groups is 1. The van der Waals surface area contributed by atoms with E-state index in [1.807, 2.05) is 0 Å². The molecule has 116 valence electrons. The molecular formula is C16H22O4S. The number of carboxylic acid groups (broad SMARTS) is 1. The van der Waals surface area contributed by atoms with E-state index in [1.54, 1.807) is 24.3 Å². The second-order valence-corrected chi connectivity index (χ2v) is 6.84. The summed E-state index contributed by atoms with van der Waals surface area (Å²) in [5, 5.41) is 9.48. The Bertz CT molecular complexity index is 534. The molecule has 1 unspecified atom stereocenters. The van der Waals surface area contributed by atoms with Crippen LogP contribution in [0.3, 0.4) is 0 Å². The van der Waals surface area contributed by atoms with Crippen molar-refractivity contribution < 1.29 is 18.3 Å². The van der Waals surface area contributed by atoms with Crippen LogP contribution >= 0.6 is 0 Å². The van der Waals surface area contributed by atoms with Gasteiger partial charge in [0.05, 0.1) is 11.7 Å². The normalized spacial score (nSPS) is 17.8. The summed E-state index contributed by atoms with van der Waals surface area (Å²) >= 11 is 0. The first-order valence-corrected chi connectivity index (χ1v) is 8.86. The van der Waals surface area contributed by atoms with Crippen molar-refractivity contribution in [2.45, 2.75) is 50.2 Å². The molecule has 21 heavy (non-hydrogen) atoms. The van der Waals surface area contributed by atoms with Gasteiger partial charge in [0.2, 0.25) is 0 Å². The number of carboxylic acids is 1. The zero-order chi connectivity index (χ0) is 15.2. The van der Waals surface area contributed by atoms with Gasteiger partial charge in [-0.15, -0.1) is 0 Å². The summed E-state index contributed by atoms with van der Waals surface area (Å²) in [6, 6.07) is 6.96. The molecule has 1 aliphatic carbocycles. The molecule has 0 aliphatic heterocycles. The third kappa shape index (κ3) is 4.84. The monoisotopic (exact) mass is 310 g/mol. The van der Waals surface area contributed by atoms with Gasteiger partial charge in [0.25, 0.3) is 0 Å². The molecule has 1 N–H and O–H groups in total. The van der Waals surface area contributed by atoms with Crippen LogP contribution in [0, 0.1) is 5.92 Å². The van der Waals surface area contributed by atoms with E-state index in [9.17, 15) is 18.3 Å². The highest BCUT2D eigenvalue weighted by molar-refractivity contribution is 7.71. The van der Waals surface area contributed by atoms with Crippen LogP contribution in [-0.4, -0.2) is 19.5 Å². The molecule has 5 heteroatoms. The minimum absolute atomic E-state index is 0.00990. The first kappa shape index (κ1) is 16.0. The Morgan fingerprint density at radius 3 is 2.29 bits per heavy atom. The van der Waals surface area contributed by atoms with E-state index < -0.39 is 22.6 Å². The SMILES string of the molecule is O=C(O)C(CC1CCCCC1)c1ccc(C[SH](=O)=O)cc1. The van der Waals surface area contributed by atoms with Crippen molar-refractivity contribution in [3.8, 4) is 0 Å². The largest absolute Gasteiger partial charge is 0.481 e. The standard InChI is InChI=1S/C16H22O4S/c17-16(18)15(10-12-4-2-1-3-5-12)14-8-6-13(7-9-14)11-21(19)20/h6-9,12,15,21H,1-5,10-11H2,(H,17,18). The summed E-state index contributed by atoms with van der Waals surface area (Å²) in [7, 11) is -2.44. The molecule has 1 aromatic carbocycles. The van der Waals surface area contributed by atoms with E-state index >= 15 is 0 Å². The zero-order valence-corrected chi connectivity index (χ0v) is 12.9. The third-order valence-electron chi connectivity index (χ3n) is 4.29. The number of aliphatic carboxylic acids is 1. The maximum atomic E-state index is 11.5. The summed E-state index contributed by atoms with van der Waals surface area (Å²) in [6.07, 6.45) is 6.59. The van der Waals surface area contributed by atoms with Gasteiger partial charge in [-0.2, -0.15) is 0 Å². The summed E-state index contributed by atoms with van der Waals surface area (Å²) in [5.41, 5.74) is 1.48. The Morgan fingerprint density at radius 1 is 1.14 bits per heavy atom. The number of hydrogen-bond donors (Lipinski definition) is 2. The number of benzene rings is 1. The van der Waals surface area contributed by atoms with Crippen molar-refractivity contribution in [1.29, 1.82) is 0 Å². The molecule has 0 amide bonds. The Hall–Kier alpha value is -1.36. The van der Waals surface area contributed by atoms with Crippen LogP contribution in [0.5, 0.6) is 0 Å². The Labute approximate surface area is 127 Å². The van der Waals surface area contributed by atoms with Crippen molar-refractivity contribution in [1.82, 2.24) is 0 Å². The van der Waals surface area contributed by atoms with E-state index in [0.717, 1.165) is 18.4 Å². The van der Waals surface area contributed by atoms with Crippen LogP contribution in [0.4, 0.5) is 0 Å².